The highest BCUT2D eigenvalue weighted by molar-refractivity contribution is 5.42. The highest BCUT2D eigenvalue weighted by atomic mass is 127. The summed E-state index contributed by atoms with van der Waals surface area (Å²) in [7, 11) is 1.62. The Hall–Kier alpha value is -3.00. The zero-order chi connectivity index (χ0) is 23.0. The van der Waals surface area contributed by atoms with Crippen LogP contribution in [-0.2, 0) is 6.54 Å². The van der Waals surface area contributed by atoms with E-state index < -0.39 is 0 Å². The largest absolute Gasteiger partial charge is 1.00 e. The number of pyridine rings is 1. The number of benzene rings is 3. The topological polar surface area (TPSA) is 22.3 Å². The molecule has 0 bridgehead atoms. The van der Waals surface area contributed by atoms with Gasteiger partial charge in [-0.3, -0.25) is 0 Å². The van der Waals surface area contributed by atoms with Crippen LogP contribution in [0.4, 0.5) is 8.78 Å². The molecule has 0 saturated carbocycles. The van der Waals surface area contributed by atoms with E-state index in [1.54, 1.807) is 31.4 Å². The Balaban J connectivity index is 0.00000324. The smallest absolute Gasteiger partial charge is 0.172 e. The van der Waals surface area contributed by atoms with Crippen molar-refractivity contribution in [2.24, 2.45) is 0 Å². The summed E-state index contributed by atoms with van der Waals surface area (Å²) >= 11 is 0. The van der Waals surface area contributed by atoms with Gasteiger partial charge in [0.05, 0.1) is 7.11 Å². The number of hydrogen-bond acceptors (Lipinski definition) is 2. The van der Waals surface area contributed by atoms with Crippen LogP contribution in [0, 0.1) is 11.6 Å². The first-order valence-corrected chi connectivity index (χ1v) is 10.9. The molecule has 4 rings (SSSR count). The van der Waals surface area contributed by atoms with Gasteiger partial charge in [0.15, 0.2) is 23.9 Å². The van der Waals surface area contributed by atoms with Crippen molar-refractivity contribution in [2.75, 3.05) is 7.11 Å². The number of para-hydroxylation sites is 2. The minimum Gasteiger partial charge on any atom is -1.00 e. The van der Waals surface area contributed by atoms with Crippen LogP contribution in [0.5, 0.6) is 17.2 Å². The normalized spacial score (nSPS) is 10.6. The van der Waals surface area contributed by atoms with E-state index in [9.17, 15) is 8.78 Å². The van der Waals surface area contributed by atoms with Crippen molar-refractivity contribution in [1.82, 2.24) is 0 Å². The van der Waals surface area contributed by atoms with Crippen molar-refractivity contribution in [3.8, 4) is 17.2 Å². The summed E-state index contributed by atoms with van der Waals surface area (Å²) in [6, 6.07) is 24.5. The van der Waals surface area contributed by atoms with E-state index in [1.165, 1.54) is 24.3 Å². The molecule has 6 heteroatoms. The molecule has 0 unspecified atom stereocenters. The van der Waals surface area contributed by atoms with E-state index in [0.717, 1.165) is 36.3 Å². The third kappa shape index (κ3) is 6.76. The first-order chi connectivity index (χ1) is 16.1. The van der Waals surface area contributed by atoms with E-state index in [0.29, 0.717) is 11.5 Å². The Morgan fingerprint density at radius 2 is 1.26 bits per heavy atom. The van der Waals surface area contributed by atoms with Crippen LogP contribution in [0.1, 0.15) is 29.9 Å². The van der Waals surface area contributed by atoms with Crippen molar-refractivity contribution in [3.05, 3.63) is 120 Å². The molecule has 0 radical (unpaired) electrons. The van der Waals surface area contributed by atoms with E-state index in [4.69, 9.17) is 9.47 Å². The molecule has 0 N–H and O–H groups in total. The number of aryl methyl sites for hydroxylation is 1. The van der Waals surface area contributed by atoms with Gasteiger partial charge in [0, 0.05) is 24.5 Å². The minimum atomic E-state index is -0.261. The van der Waals surface area contributed by atoms with Crippen LogP contribution in [0.15, 0.2) is 97.3 Å². The maximum Gasteiger partial charge on any atom is 0.172 e. The van der Waals surface area contributed by atoms with Crippen molar-refractivity contribution in [1.29, 1.82) is 0 Å². The van der Waals surface area contributed by atoms with Gasteiger partial charge in [-0.1, -0.05) is 36.4 Å². The van der Waals surface area contributed by atoms with E-state index >= 15 is 0 Å². The molecular weight excluding hydrogens is 547 g/mol. The van der Waals surface area contributed by atoms with Gasteiger partial charge in [-0.2, -0.15) is 0 Å². The molecule has 0 aliphatic rings. The summed E-state index contributed by atoms with van der Waals surface area (Å²) in [5.74, 6) is 1.62. The summed E-state index contributed by atoms with van der Waals surface area (Å²) in [5.41, 5.74) is 2.04. The molecule has 176 valence electrons. The maximum absolute atomic E-state index is 13.4. The lowest BCUT2D eigenvalue weighted by Crippen LogP contribution is -3.00. The fraction of sp³-hybridized carbons (Fsp3) is 0.179. The summed E-state index contributed by atoms with van der Waals surface area (Å²) < 4.78 is 40.2. The number of hydrogen-bond donors (Lipinski definition) is 0. The molecule has 0 spiro atoms. The van der Waals surface area contributed by atoms with E-state index in [-0.39, 0.29) is 41.5 Å². The lowest BCUT2D eigenvalue weighted by molar-refractivity contribution is -0.697. The number of methoxy groups -OCH3 is 1. The van der Waals surface area contributed by atoms with E-state index in [1.807, 2.05) is 48.8 Å². The van der Waals surface area contributed by atoms with E-state index in [2.05, 4.69) is 4.57 Å². The van der Waals surface area contributed by atoms with Crippen LogP contribution in [0.2, 0.25) is 0 Å². The summed E-state index contributed by atoms with van der Waals surface area (Å²) in [6.07, 6.45) is 5.71. The van der Waals surface area contributed by atoms with Gasteiger partial charge < -0.3 is 33.5 Å². The highest BCUT2D eigenvalue weighted by Gasteiger charge is 2.16. The number of aromatic nitrogens is 1. The molecule has 3 nitrogen and oxygen atoms in total. The molecule has 0 amide bonds. The molecule has 3 aromatic carbocycles. The Morgan fingerprint density at radius 3 is 1.79 bits per heavy atom. The molecule has 1 aromatic heterocycles. The Labute approximate surface area is 216 Å². The summed E-state index contributed by atoms with van der Waals surface area (Å²) in [5, 5.41) is 0. The maximum atomic E-state index is 13.4. The molecule has 0 aliphatic heterocycles. The Morgan fingerprint density at radius 1 is 0.735 bits per heavy atom. The van der Waals surface area contributed by atoms with Crippen molar-refractivity contribution in [3.63, 3.8) is 0 Å². The average Bonchev–Trinajstić information content (AvgIpc) is 2.85. The van der Waals surface area contributed by atoms with Gasteiger partial charge in [-0.25, -0.2) is 13.3 Å². The van der Waals surface area contributed by atoms with Crippen LogP contribution >= 0.6 is 0 Å². The fourth-order valence-corrected chi connectivity index (χ4v) is 3.88. The lowest BCUT2D eigenvalue weighted by atomic mass is 9.87. The van der Waals surface area contributed by atoms with Gasteiger partial charge in [0.2, 0.25) is 0 Å². The Kier molecular flexibility index (Phi) is 9.39. The second-order valence-corrected chi connectivity index (χ2v) is 7.82. The zero-order valence-electron chi connectivity index (χ0n) is 18.8. The van der Waals surface area contributed by atoms with Gasteiger partial charge in [0.25, 0.3) is 0 Å². The molecule has 0 fully saturated rings. The van der Waals surface area contributed by atoms with Crippen molar-refractivity contribution in [2.45, 2.75) is 25.3 Å². The molecule has 0 saturated heterocycles. The van der Waals surface area contributed by atoms with Crippen LogP contribution < -0.4 is 38.0 Å². The number of halogens is 3. The quantitative estimate of drug-likeness (QED) is 0.225. The molecule has 0 atom stereocenters. The van der Waals surface area contributed by atoms with Gasteiger partial charge >= 0.3 is 0 Å². The average molecular weight is 573 g/mol. The molecule has 0 aliphatic carbocycles. The lowest BCUT2D eigenvalue weighted by Gasteiger charge is -2.17. The highest BCUT2D eigenvalue weighted by Crippen LogP contribution is 2.31. The molecule has 4 aromatic rings. The molecule has 1 heterocycles. The second-order valence-electron chi connectivity index (χ2n) is 7.82. The minimum absolute atomic E-state index is 0. The third-order valence-electron chi connectivity index (χ3n) is 5.61. The SMILES string of the molecule is COc1ccccc1Oc1cc[n+](CCCC(c2ccc(F)cc2)c2ccc(F)cc2)cc1.[I-]. The standard InChI is InChI=1S/C28H26F2NO2.HI/c1-32-27-6-2-3-7-28(27)33-25-16-19-31(20-17-25)18-4-5-26(21-8-12-23(29)13-9-21)22-10-14-24(30)15-11-22;/h2-3,6-17,19-20,26H,4-5,18H2,1H3;1H/q+1;/p-1. The monoisotopic (exact) mass is 573 g/mol. The van der Waals surface area contributed by atoms with Gasteiger partial charge in [0.1, 0.15) is 23.9 Å². The predicted molar refractivity (Wildman–Crippen MR) is 124 cm³/mol. The summed E-state index contributed by atoms with van der Waals surface area (Å²) in [4.78, 5) is 0. The first kappa shape index (κ1) is 25.6. The molecule has 34 heavy (non-hydrogen) atoms. The van der Waals surface area contributed by atoms with Crippen LogP contribution in [0.3, 0.4) is 0 Å². The van der Waals surface area contributed by atoms with Crippen LogP contribution in [0.25, 0.3) is 0 Å². The zero-order valence-corrected chi connectivity index (χ0v) is 21.0. The number of nitrogens with zero attached hydrogens (tertiary/aromatic N) is 1. The second kappa shape index (κ2) is 12.5. The first-order valence-electron chi connectivity index (χ1n) is 10.9. The predicted octanol–water partition coefficient (Wildman–Crippen LogP) is 3.67. The number of rotatable bonds is 9. The van der Waals surface area contributed by atoms with Crippen LogP contribution in [-0.4, -0.2) is 7.11 Å². The third-order valence-corrected chi connectivity index (χ3v) is 5.61. The number of ether oxygens (including phenoxy) is 2. The van der Waals surface area contributed by atoms with Crippen molar-refractivity contribution >= 4 is 0 Å². The fourth-order valence-electron chi connectivity index (χ4n) is 3.88. The van der Waals surface area contributed by atoms with Gasteiger partial charge in [-0.05, 0) is 53.9 Å². The van der Waals surface area contributed by atoms with Crippen molar-refractivity contribution < 1.29 is 46.8 Å². The Bertz CT molecular complexity index is 1120. The van der Waals surface area contributed by atoms with Gasteiger partial charge in [-0.15, -0.1) is 0 Å². The molecular formula is C28H26F2INO2. The summed E-state index contributed by atoms with van der Waals surface area (Å²) in [6.45, 7) is 0.813.